The van der Waals surface area contributed by atoms with Crippen molar-refractivity contribution in [1.29, 1.82) is 0 Å². The molecule has 180 valence electrons. The normalized spacial score (nSPS) is 11.5. The third-order valence-corrected chi connectivity index (χ3v) is 6.87. The molecule has 0 fully saturated rings. The Balaban J connectivity index is 1.44. The summed E-state index contributed by atoms with van der Waals surface area (Å²) in [5.74, 6) is 0.206. The first-order valence-electron chi connectivity index (χ1n) is 11.3. The van der Waals surface area contributed by atoms with Gasteiger partial charge in [-0.1, -0.05) is 54.1 Å². The summed E-state index contributed by atoms with van der Waals surface area (Å²) in [6.07, 6.45) is 3.28. The Morgan fingerprint density at radius 2 is 1.60 bits per heavy atom. The van der Waals surface area contributed by atoms with E-state index < -0.39 is 10.0 Å². The van der Waals surface area contributed by atoms with Crippen LogP contribution in [0.3, 0.4) is 0 Å². The van der Waals surface area contributed by atoms with Crippen molar-refractivity contribution in [1.82, 2.24) is 9.78 Å². The molecule has 0 amide bonds. The van der Waals surface area contributed by atoms with Crippen molar-refractivity contribution in [2.24, 2.45) is 5.14 Å². The molecule has 35 heavy (non-hydrogen) atoms. The standard InChI is InChI=1S/C27H26ClN3O3S/c28-22-12-10-20(11-13-22)18-25(32)9-5-4-8-23-19-27(21-6-2-1-3-7-21)31(30-23)24-14-16-26(17-15-24)35(29,33)34/h1-3,6-7,10-17,19H,4-5,8-9,18H2,(H2,29,33,34). The molecule has 2 N–H and O–H groups in total. The number of primary sulfonamides is 1. The van der Waals surface area contributed by atoms with Gasteiger partial charge in [-0.15, -0.1) is 0 Å². The van der Waals surface area contributed by atoms with Crippen LogP contribution in [0.4, 0.5) is 0 Å². The maximum absolute atomic E-state index is 12.3. The fourth-order valence-electron chi connectivity index (χ4n) is 3.89. The van der Waals surface area contributed by atoms with E-state index in [4.69, 9.17) is 21.8 Å². The van der Waals surface area contributed by atoms with Crippen molar-refractivity contribution in [2.75, 3.05) is 0 Å². The van der Waals surface area contributed by atoms with Crippen LogP contribution in [-0.2, 0) is 27.7 Å². The molecule has 1 aromatic heterocycles. The average Bonchev–Trinajstić information content (AvgIpc) is 3.28. The number of unbranched alkanes of at least 4 members (excludes halogenated alkanes) is 1. The van der Waals surface area contributed by atoms with Gasteiger partial charge in [-0.2, -0.15) is 5.10 Å². The predicted octanol–water partition coefficient (Wildman–Crippen LogP) is 5.36. The van der Waals surface area contributed by atoms with Gasteiger partial charge in [-0.05, 0) is 67.3 Å². The first kappa shape index (κ1) is 24.9. The van der Waals surface area contributed by atoms with E-state index in [9.17, 15) is 13.2 Å². The Kier molecular flexibility index (Phi) is 7.80. The summed E-state index contributed by atoms with van der Waals surface area (Å²) in [7, 11) is -3.77. The van der Waals surface area contributed by atoms with Gasteiger partial charge in [-0.25, -0.2) is 18.2 Å². The van der Waals surface area contributed by atoms with Gasteiger partial charge in [-0.3, -0.25) is 4.79 Å². The van der Waals surface area contributed by atoms with E-state index in [1.165, 1.54) is 12.1 Å². The lowest BCUT2D eigenvalue weighted by Gasteiger charge is -2.08. The molecular weight excluding hydrogens is 482 g/mol. The van der Waals surface area contributed by atoms with Gasteiger partial charge in [0.2, 0.25) is 10.0 Å². The molecule has 0 atom stereocenters. The van der Waals surface area contributed by atoms with E-state index in [2.05, 4.69) is 0 Å². The number of rotatable bonds is 10. The second-order valence-electron chi connectivity index (χ2n) is 8.39. The summed E-state index contributed by atoms with van der Waals surface area (Å²) in [5, 5.41) is 10.7. The monoisotopic (exact) mass is 507 g/mol. The average molecular weight is 508 g/mol. The number of carbonyl (C=O) groups excluding carboxylic acids is 1. The van der Waals surface area contributed by atoms with Gasteiger partial charge in [0.15, 0.2) is 0 Å². The van der Waals surface area contributed by atoms with E-state index in [1.807, 2.05) is 53.2 Å². The summed E-state index contributed by atoms with van der Waals surface area (Å²) in [4.78, 5) is 12.4. The molecule has 4 rings (SSSR count). The lowest BCUT2D eigenvalue weighted by Crippen LogP contribution is -2.12. The van der Waals surface area contributed by atoms with Gasteiger partial charge >= 0.3 is 0 Å². The Bertz CT molecular complexity index is 1400. The zero-order chi connectivity index (χ0) is 24.8. The van der Waals surface area contributed by atoms with Crippen LogP contribution in [-0.4, -0.2) is 24.0 Å². The molecule has 6 nitrogen and oxygen atoms in total. The zero-order valence-electron chi connectivity index (χ0n) is 19.1. The topological polar surface area (TPSA) is 95.1 Å². The molecule has 0 aliphatic rings. The molecule has 0 radical (unpaired) electrons. The minimum atomic E-state index is -3.77. The molecule has 1 heterocycles. The van der Waals surface area contributed by atoms with Crippen molar-refractivity contribution in [3.8, 4) is 16.9 Å². The summed E-state index contributed by atoms with van der Waals surface area (Å²) < 4.78 is 25.0. The number of nitrogens with two attached hydrogens (primary N) is 1. The fraction of sp³-hybridized carbons (Fsp3) is 0.185. The third-order valence-electron chi connectivity index (χ3n) is 5.69. The van der Waals surface area contributed by atoms with Crippen molar-refractivity contribution in [3.05, 3.63) is 101 Å². The third kappa shape index (κ3) is 6.66. The molecule has 4 aromatic rings. The Morgan fingerprint density at radius 1 is 0.914 bits per heavy atom. The number of carbonyl (C=O) groups is 1. The van der Waals surface area contributed by atoms with Gasteiger partial charge < -0.3 is 0 Å². The lowest BCUT2D eigenvalue weighted by atomic mass is 10.0. The molecule has 8 heteroatoms. The number of benzene rings is 3. The van der Waals surface area contributed by atoms with Crippen LogP contribution in [0.25, 0.3) is 16.9 Å². The van der Waals surface area contributed by atoms with E-state index in [-0.39, 0.29) is 10.7 Å². The maximum atomic E-state index is 12.3. The molecule has 0 saturated carbocycles. The largest absolute Gasteiger partial charge is 0.299 e. The first-order valence-corrected chi connectivity index (χ1v) is 13.3. The highest BCUT2D eigenvalue weighted by Crippen LogP contribution is 2.25. The van der Waals surface area contributed by atoms with Crippen molar-refractivity contribution < 1.29 is 13.2 Å². The van der Waals surface area contributed by atoms with Gasteiger partial charge in [0, 0.05) is 23.4 Å². The number of nitrogens with zero attached hydrogens (tertiary/aromatic N) is 2. The summed E-state index contributed by atoms with van der Waals surface area (Å²) in [6, 6.07) is 25.6. The lowest BCUT2D eigenvalue weighted by molar-refractivity contribution is -0.118. The molecule has 0 bridgehead atoms. The van der Waals surface area contributed by atoms with Gasteiger partial charge in [0.1, 0.15) is 5.78 Å². The molecule has 0 unspecified atom stereocenters. The number of Topliss-reactive ketones (excluding diaryl/α,β-unsaturated/α-hetero) is 1. The molecule has 0 aliphatic carbocycles. The molecule has 0 aliphatic heterocycles. The minimum absolute atomic E-state index is 0.0539. The smallest absolute Gasteiger partial charge is 0.238 e. The summed E-state index contributed by atoms with van der Waals surface area (Å²) in [5.41, 5.74) is 4.52. The van der Waals surface area contributed by atoms with Crippen molar-refractivity contribution in [3.63, 3.8) is 0 Å². The Labute approximate surface area is 210 Å². The minimum Gasteiger partial charge on any atom is -0.299 e. The van der Waals surface area contributed by atoms with Crippen LogP contribution in [0, 0.1) is 0 Å². The molecule has 0 saturated heterocycles. The Morgan fingerprint density at radius 3 is 2.26 bits per heavy atom. The van der Waals surface area contributed by atoms with E-state index >= 15 is 0 Å². The highest BCUT2D eigenvalue weighted by molar-refractivity contribution is 7.89. The number of halogens is 1. The fourth-order valence-corrected chi connectivity index (χ4v) is 4.53. The van der Waals surface area contributed by atoms with Crippen LogP contribution in [0.5, 0.6) is 0 Å². The van der Waals surface area contributed by atoms with E-state index in [0.29, 0.717) is 17.9 Å². The first-order chi connectivity index (χ1) is 16.8. The number of aryl methyl sites for hydroxylation is 1. The highest BCUT2D eigenvalue weighted by Gasteiger charge is 2.14. The zero-order valence-corrected chi connectivity index (χ0v) is 20.7. The van der Waals surface area contributed by atoms with Crippen molar-refractivity contribution in [2.45, 2.75) is 37.0 Å². The Hall–Kier alpha value is -3.26. The maximum Gasteiger partial charge on any atom is 0.238 e. The van der Waals surface area contributed by atoms with Gasteiger partial charge in [0.05, 0.1) is 22.0 Å². The predicted molar refractivity (Wildman–Crippen MR) is 138 cm³/mol. The van der Waals surface area contributed by atoms with E-state index in [0.717, 1.165) is 47.5 Å². The van der Waals surface area contributed by atoms with Crippen LogP contribution in [0.1, 0.15) is 30.5 Å². The molecule has 0 spiro atoms. The van der Waals surface area contributed by atoms with Crippen LogP contribution >= 0.6 is 11.6 Å². The van der Waals surface area contributed by atoms with Gasteiger partial charge in [0.25, 0.3) is 0 Å². The van der Waals surface area contributed by atoms with E-state index in [1.54, 1.807) is 24.3 Å². The summed E-state index contributed by atoms with van der Waals surface area (Å²) in [6.45, 7) is 0. The quantitative estimate of drug-likeness (QED) is 0.292. The second kappa shape index (κ2) is 11.0. The van der Waals surface area contributed by atoms with Crippen LogP contribution in [0.15, 0.2) is 89.8 Å². The highest BCUT2D eigenvalue weighted by atomic mass is 35.5. The number of ketones is 1. The van der Waals surface area contributed by atoms with Crippen LogP contribution in [0.2, 0.25) is 5.02 Å². The summed E-state index contributed by atoms with van der Waals surface area (Å²) >= 11 is 5.90. The SMILES string of the molecule is NS(=O)(=O)c1ccc(-n2nc(CCCCC(=O)Cc3ccc(Cl)cc3)cc2-c2ccccc2)cc1. The van der Waals surface area contributed by atoms with Crippen LogP contribution < -0.4 is 5.14 Å². The number of aromatic nitrogens is 2. The number of hydrogen-bond donors (Lipinski definition) is 1. The molecule has 3 aromatic carbocycles. The molecular formula is C27H26ClN3O3S. The van der Waals surface area contributed by atoms with Crippen molar-refractivity contribution >= 4 is 27.4 Å². The number of sulfonamides is 1. The number of hydrogen-bond acceptors (Lipinski definition) is 4. The second-order valence-corrected chi connectivity index (χ2v) is 10.4.